The van der Waals surface area contributed by atoms with Gasteiger partial charge >= 0.3 is 0 Å². The number of aryl methyl sites for hydroxylation is 2. The summed E-state index contributed by atoms with van der Waals surface area (Å²) in [5.74, 6) is -0.0843. The normalized spacial score (nSPS) is 12.3. The summed E-state index contributed by atoms with van der Waals surface area (Å²) >= 11 is 0. The molecular formula is C27H20FN3O. The van der Waals surface area contributed by atoms with Crippen LogP contribution in [-0.2, 0) is 12.8 Å². The number of nitrogens with one attached hydrogen (secondary N) is 1. The van der Waals surface area contributed by atoms with Crippen LogP contribution in [0.2, 0.25) is 0 Å². The highest BCUT2D eigenvalue weighted by Crippen LogP contribution is 2.33. The van der Waals surface area contributed by atoms with Crippen molar-refractivity contribution in [2.75, 3.05) is 5.32 Å². The molecule has 1 aliphatic rings. The van der Waals surface area contributed by atoms with Crippen LogP contribution in [0.25, 0.3) is 23.4 Å². The lowest BCUT2D eigenvalue weighted by Gasteiger charge is -2.20. The van der Waals surface area contributed by atoms with Crippen LogP contribution in [0.5, 0.6) is 0 Å². The number of fused-ring (bicyclic) bond motifs is 3. The molecule has 5 rings (SSSR count). The first-order valence-corrected chi connectivity index (χ1v) is 10.5. The maximum absolute atomic E-state index is 13.7. The molecule has 5 heteroatoms. The van der Waals surface area contributed by atoms with Crippen LogP contribution in [-0.4, -0.2) is 15.9 Å². The quantitative estimate of drug-likeness (QED) is 0.453. The summed E-state index contributed by atoms with van der Waals surface area (Å²) in [6.07, 6.45) is 5.10. The Balaban J connectivity index is 1.58. The Labute approximate surface area is 185 Å². The summed E-state index contributed by atoms with van der Waals surface area (Å²) in [6.45, 7) is 0. The van der Waals surface area contributed by atoms with E-state index in [4.69, 9.17) is 9.97 Å². The second-order valence-corrected chi connectivity index (χ2v) is 7.62. The second kappa shape index (κ2) is 8.55. The van der Waals surface area contributed by atoms with E-state index >= 15 is 0 Å². The van der Waals surface area contributed by atoms with Crippen molar-refractivity contribution in [3.05, 3.63) is 113 Å². The second-order valence-electron chi connectivity index (χ2n) is 7.62. The van der Waals surface area contributed by atoms with E-state index in [2.05, 4.69) is 5.32 Å². The van der Waals surface area contributed by atoms with E-state index in [-0.39, 0.29) is 11.7 Å². The van der Waals surface area contributed by atoms with E-state index in [9.17, 15) is 9.18 Å². The van der Waals surface area contributed by atoms with Crippen LogP contribution >= 0.6 is 0 Å². The fourth-order valence-electron chi connectivity index (χ4n) is 3.84. The summed E-state index contributed by atoms with van der Waals surface area (Å²) < 4.78 is 13.7. The van der Waals surface area contributed by atoms with Crippen LogP contribution in [0.3, 0.4) is 0 Å². The first-order chi connectivity index (χ1) is 15.7. The van der Waals surface area contributed by atoms with Crippen molar-refractivity contribution in [3.63, 3.8) is 0 Å². The third-order valence-electron chi connectivity index (χ3n) is 5.45. The van der Waals surface area contributed by atoms with Crippen molar-refractivity contribution in [1.29, 1.82) is 0 Å². The molecule has 4 aromatic rings. The first-order valence-electron chi connectivity index (χ1n) is 10.5. The predicted octanol–water partition coefficient (Wildman–Crippen LogP) is 5.80. The standard InChI is InChI=1S/C27H20FN3O/c28-21-13-14-22-20(17-21)12-16-23-25(22)29-24(15-11-18-7-3-1-4-8-18)26(30-23)31-27(32)19-9-5-2-6-10-19/h1-11,13-15,17H,12,16H2,(H,30,31,32). The molecule has 0 spiro atoms. The number of anilines is 1. The van der Waals surface area contributed by atoms with Crippen molar-refractivity contribution >= 4 is 23.9 Å². The number of halogens is 1. The Morgan fingerprint density at radius 1 is 0.875 bits per heavy atom. The van der Waals surface area contributed by atoms with Gasteiger partial charge in [0.15, 0.2) is 5.82 Å². The predicted molar refractivity (Wildman–Crippen MR) is 125 cm³/mol. The maximum Gasteiger partial charge on any atom is 0.256 e. The highest BCUT2D eigenvalue weighted by atomic mass is 19.1. The molecule has 1 aromatic heterocycles. The van der Waals surface area contributed by atoms with E-state index < -0.39 is 0 Å². The SMILES string of the molecule is O=C(Nc1nc2c(nc1C=Cc1ccccc1)-c1ccc(F)cc1CC2)c1ccccc1. The van der Waals surface area contributed by atoms with Gasteiger partial charge in [-0.2, -0.15) is 0 Å². The van der Waals surface area contributed by atoms with Crippen LogP contribution in [0.4, 0.5) is 10.2 Å². The highest BCUT2D eigenvalue weighted by molar-refractivity contribution is 6.04. The molecule has 0 unspecified atom stereocenters. The number of rotatable bonds is 4. The number of carbonyl (C=O) groups excluding carboxylic acids is 1. The van der Waals surface area contributed by atoms with Gasteiger partial charge in [0.1, 0.15) is 11.5 Å². The van der Waals surface area contributed by atoms with Crippen molar-refractivity contribution in [1.82, 2.24) is 9.97 Å². The van der Waals surface area contributed by atoms with E-state index in [1.807, 2.05) is 60.7 Å². The minimum absolute atomic E-state index is 0.243. The van der Waals surface area contributed by atoms with Gasteiger partial charge < -0.3 is 5.32 Å². The average molecular weight is 421 g/mol. The minimum Gasteiger partial charge on any atom is -0.305 e. The lowest BCUT2D eigenvalue weighted by Crippen LogP contribution is -2.17. The third kappa shape index (κ3) is 4.05. The molecule has 4 nitrogen and oxygen atoms in total. The van der Waals surface area contributed by atoms with E-state index in [0.717, 1.165) is 28.1 Å². The topological polar surface area (TPSA) is 54.9 Å². The Bertz CT molecular complexity index is 1320. The fraction of sp³-hybridized carbons (Fsp3) is 0.0741. The Morgan fingerprint density at radius 2 is 1.62 bits per heavy atom. The molecule has 3 aromatic carbocycles. The van der Waals surface area contributed by atoms with Gasteiger partial charge in [-0.05, 0) is 60.4 Å². The highest BCUT2D eigenvalue weighted by Gasteiger charge is 2.22. The zero-order valence-corrected chi connectivity index (χ0v) is 17.3. The zero-order valence-electron chi connectivity index (χ0n) is 17.3. The number of aromatic nitrogens is 2. The molecule has 0 atom stereocenters. The number of benzene rings is 3. The van der Waals surface area contributed by atoms with Gasteiger partial charge in [0, 0.05) is 11.1 Å². The molecule has 1 N–H and O–H groups in total. The van der Waals surface area contributed by atoms with Crippen molar-refractivity contribution in [3.8, 4) is 11.3 Å². The van der Waals surface area contributed by atoms with Crippen molar-refractivity contribution < 1.29 is 9.18 Å². The Morgan fingerprint density at radius 3 is 2.41 bits per heavy atom. The van der Waals surface area contributed by atoms with Gasteiger partial charge in [-0.15, -0.1) is 0 Å². The minimum atomic E-state index is -0.254. The molecule has 156 valence electrons. The van der Waals surface area contributed by atoms with Gasteiger partial charge in [0.2, 0.25) is 0 Å². The largest absolute Gasteiger partial charge is 0.305 e. The lowest BCUT2D eigenvalue weighted by atomic mass is 9.91. The summed E-state index contributed by atoms with van der Waals surface area (Å²) in [5, 5.41) is 2.92. The van der Waals surface area contributed by atoms with Gasteiger partial charge in [0.25, 0.3) is 5.91 Å². The van der Waals surface area contributed by atoms with E-state index in [1.165, 1.54) is 6.07 Å². The molecule has 0 aliphatic heterocycles. The first kappa shape index (κ1) is 19.8. The summed E-state index contributed by atoms with van der Waals surface area (Å²) in [5.41, 5.74) is 5.44. The molecule has 32 heavy (non-hydrogen) atoms. The zero-order chi connectivity index (χ0) is 21.9. The van der Waals surface area contributed by atoms with Crippen molar-refractivity contribution in [2.24, 2.45) is 0 Å². The van der Waals surface area contributed by atoms with Crippen LogP contribution in [0.15, 0.2) is 78.9 Å². The van der Waals surface area contributed by atoms with Crippen LogP contribution < -0.4 is 5.32 Å². The molecule has 0 saturated heterocycles. The third-order valence-corrected chi connectivity index (χ3v) is 5.45. The molecular weight excluding hydrogens is 401 g/mol. The average Bonchev–Trinajstić information content (AvgIpc) is 2.83. The number of hydrogen-bond donors (Lipinski definition) is 1. The number of hydrogen-bond acceptors (Lipinski definition) is 3. The molecule has 1 amide bonds. The smallest absolute Gasteiger partial charge is 0.256 e. The number of carbonyl (C=O) groups is 1. The van der Waals surface area contributed by atoms with Gasteiger partial charge in [-0.1, -0.05) is 54.6 Å². The maximum atomic E-state index is 13.7. The molecule has 0 bridgehead atoms. The number of amides is 1. The monoisotopic (exact) mass is 421 g/mol. The summed E-state index contributed by atoms with van der Waals surface area (Å²) in [4.78, 5) is 22.4. The van der Waals surface area contributed by atoms with Gasteiger partial charge in [0.05, 0.1) is 11.4 Å². The Kier molecular flexibility index (Phi) is 5.30. The van der Waals surface area contributed by atoms with Crippen molar-refractivity contribution in [2.45, 2.75) is 12.8 Å². The van der Waals surface area contributed by atoms with Gasteiger partial charge in [-0.25, -0.2) is 14.4 Å². The summed E-state index contributed by atoms with van der Waals surface area (Å²) in [6, 6.07) is 23.6. The molecule has 1 aliphatic carbocycles. The fourth-order valence-corrected chi connectivity index (χ4v) is 3.84. The molecule has 1 heterocycles. The molecule has 0 radical (unpaired) electrons. The number of nitrogens with zero attached hydrogens (tertiary/aromatic N) is 2. The van der Waals surface area contributed by atoms with E-state index in [1.54, 1.807) is 24.3 Å². The lowest BCUT2D eigenvalue weighted by molar-refractivity contribution is 0.102. The van der Waals surface area contributed by atoms with Gasteiger partial charge in [-0.3, -0.25) is 4.79 Å². The molecule has 0 fully saturated rings. The summed E-state index contributed by atoms with van der Waals surface area (Å²) in [7, 11) is 0. The van der Waals surface area contributed by atoms with Crippen LogP contribution in [0.1, 0.15) is 32.9 Å². The Hall–Kier alpha value is -4.12. The molecule has 0 saturated carbocycles. The van der Waals surface area contributed by atoms with E-state index in [0.29, 0.717) is 29.9 Å². The van der Waals surface area contributed by atoms with Crippen LogP contribution in [0, 0.1) is 5.82 Å².